The molecule has 1 unspecified atom stereocenters. The zero-order chi connectivity index (χ0) is 20.9. The summed E-state index contributed by atoms with van der Waals surface area (Å²) in [5, 5.41) is 6.54. The number of halogens is 1. The van der Waals surface area contributed by atoms with E-state index in [9.17, 15) is 12.8 Å². The molecule has 2 N–H and O–H groups in total. The Morgan fingerprint density at radius 3 is 2.72 bits per heavy atom. The van der Waals surface area contributed by atoms with Crippen molar-refractivity contribution in [2.24, 2.45) is 4.99 Å². The molecule has 1 aliphatic rings. The number of rotatable bonds is 6. The highest BCUT2D eigenvalue weighted by Crippen LogP contribution is 2.30. The lowest BCUT2D eigenvalue weighted by atomic mass is 9.83. The predicted octanol–water partition coefficient (Wildman–Crippen LogP) is 3.16. The minimum absolute atomic E-state index is 0.116. The molecule has 156 valence electrons. The molecule has 0 fully saturated rings. The Morgan fingerprint density at radius 1 is 1.17 bits per heavy atom. The zero-order valence-corrected chi connectivity index (χ0v) is 17.7. The molecule has 3 rings (SSSR count). The quantitative estimate of drug-likeness (QED) is 0.560. The van der Waals surface area contributed by atoms with Gasteiger partial charge in [0, 0.05) is 32.3 Å². The molecule has 0 aromatic heterocycles. The molecule has 0 spiro atoms. The second kappa shape index (κ2) is 9.39. The van der Waals surface area contributed by atoms with Crippen molar-refractivity contribution in [3.05, 3.63) is 70.5 Å². The molecular weight excluding hydrogens is 389 g/mol. The van der Waals surface area contributed by atoms with Crippen LogP contribution in [0.5, 0.6) is 0 Å². The van der Waals surface area contributed by atoms with Crippen molar-refractivity contribution in [1.29, 1.82) is 0 Å². The third-order valence-corrected chi connectivity index (χ3v) is 6.10. The first-order valence-electron chi connectivity index (χ1n) is 9.83. The first kappa shape index (κ1) is 21.3. The molecule has 29 heavy (non-hydrogen) atoms. The van der Waals surface area contributed by atoms with Crippen LogP contribution >= 0.6 is 0 Å². The van der Waals surface area contributed by atoms with Gasteiger partial charge >= 0.3 is 0 Å². The summed E-state index contributed by atoms with van der Waals surface area (Å²) in [5.74, 6) is 0.534. The normalized spacial score (nSPS) is 16.9. The lowest BCUT2D eigenvalue weighted by molar-refractivity contribution is 0.539. The van der Waals surface area contributed by atoms with E-state index in [-0.39, 0.29) is 11.6 Å². The molecule has 1 atom stereocenters. The summed E-state index contributed by atoms with van der Waals surface area (Å²) in [4.78, 5) is 4.25. The molecule has 2 aromatic rings. The Kier molecular flexibility index (Phi) is 6.90. The van der Waals surface area contributed by atoms with Gasteiger partial charge in [-0.15, -0.1) is 0 Å². The van der Waals surface area contributed by atoms with Crippen molar-refractivity contribution in [1.82, 2.24) is 10.6 Å². The molecule has 5 nitrogen and oxygen atoms in total. The van der Waals surface area contributed by atoms with Crippen LogP contribution in [0, 0.1) is 5.82 Å². The maximum absolute atomic E-state index is 13.7. The summed E-state index contributed by atoms with van der Waals surface area (Å²) in [6.07, 6.45) is 4.61. The molecule has 0 saturated carbocycles. The monoisotopic (exact) mass is 417 g/mol. The van der Waals surface area contributed by atoms with Crippen molar-refractivity contribution in [3.8, 4) is 0 Å². The van der Waals surface area contributed by atoms with Gasteiger partial charge in [0.2, 0.25) is 0 Å². The Bertz CT molecular complexity index is 989. The van der Waals surface area contributed by atoms with E-state index in [1.54, 1.807) is 7.05 Å². The molecule has 1 aliphatic carbocycles. The van der Waals surface area contributed by atoms with Crippen molar-refractivity contribution in [2.45, 2.75) is 37.5 Å². The van der Waals surface area contributed by atoms with Crippen LogP contribution < -0.4 is 10.6 Å². The number of nitrogens with zero attached hydrogens (tertiary/aromatic N) is 1. The Hall–Kier alpha value is -2.41. The molecular formula is C22H28FN3O2S. The fourth-order valence-corrected chi connectivity index (χ4v) is 4.71. The number of benzene rings is 2. The van der Waals surface area contributed by atoms with Crippen molar-refractivity contribution >= 4 is 15.8 Å². The van der Waals surface area contributed by atoms with Gasteiger partial charge in [-0.1, -0.05) is 30.3 Å². The highest BCUT2D eigenvalue weighted by molar-refractivity contribution is 7.89. The van der Waals surface area contributed by atoms with Crippen molar-refractivity contribution < 1.29 is 12.8 Å². The molecule has 0 saturated heterocycles. The van der Waals surface area contributed by atoms with Gasteiger partial charge in [0.05, 0.1) is 5.75 Å². The van der Waals surface area contributed by atoms with Crippen molar-refractivity contribution in [2.75, 3.05) is 19.8 Å². The predicted molar refractivity (Wildman–Crippen MR) is 115 cm³/mol. The number of guanidine groups is 1. The fourth-order valence-electron chi connectivity index (χ4n) is 3.87. The Balaban J connectivity index is 1.63. The third kappa shape index (κ3) is 6.03. The van der Waals surface area contributed by atoms with Crippen LogP contribution in [0.25, 0.3) is 0 Å². The van der Waals surface area contributed by atoms with E-state index in [4.69, 9.17) is 0 Å². The van der Waals surface area contributed by atoms with Gasteiger partial charge in [-0.05, 0) is 53.6 Å². The fraction of sp³-hybridized carbons (Fsp3) is 0.409. The Labute approximate surface area is 172 Å². The van der Waals surface area contributed by atoms with E-state index in [1.807, 2.05) is 0 Å². The maximum atomic E-state index is 13.7. The van der Waals surface area contributed by atoms with E-state index in [0.717, 1.165) is 19.4 Å². The molecule has 0 amide bonds. The minimum Gasteiger partial charge on any atom is -0.356 e. The molecule has 0 heterocycles. The van der Waals surface area contributed by atoms with Crippen molar-refractivity contribution in [3.63, 3.8) is 0 Å². The minimum atomic E-state index is -3.21. The number of hydrogen-bond acceptors (Lipinski definition) is 3. The van der Waals surface area contributed by atoms with Crippen LogP contribution in [-0.4, -0.2) is 34.2 Å². The average molecular weight is 418 g/mol. The molecule has 0 radical (unpaired) electrons. The molecule has 0 bridgehead atoms. The number of aryl methyl sites for hydroxylation is 1. The first-order chi connectivity index (χ1) is 13.9. The van der Waals surface area contributed by atoms with E-state index in [0.29, 0.717) is 29.5 Å². The second-order valence-corrected chi connectivity index (χ2v) is 9.72. The lowest BCUT2D eigenvalue weighted by Gasteiger charge is -2.26. The van der Waals surface area contributed by atoms with Crippen LogP contribution in [0.1, 0.15) is 41.0 Å². The summed E-state index contributed by atoms with van der Waals surface area (Å²) < 4.78 is 37.0. The smallest absolute Gasteiger partial charge is 0.191 e. The number of fused-ring (bicyclic) bond motifs is 1. The number of sulfone groups is 1. The second-order valence-electron chi connectivity index (χ2n) is 7.58. The average Bonchev–Trinajstić information content (AvgIpc) is 2.69. The zero-order valence-electron chi connectivity index (χ0n) is 16.9. The lowest BCUT2D eigenvalue weighted by Crippen LogP contribution is -2.39. The summed E-state index contributed by atoms with van der Waals surface area (Å²) in [6.45, 7) is 1.06. The van der Waals surface area contributed by atoms with Gasteiger partial charge < -0.3 is 10.6 Å². The maximum Gasteiger partial charge on any atom is 0.191 e. The van der Waals surface area contributed by atoms with Crippen LogP contribution in [0.4, 0.5) is 4.39 Å². The number of aliphatic imine (C=N–C) groups is 1. The van der Waals surface area contributed by atoms with E-state index in [1.165, 1.54) is 42.0 Å². The van der Waals surface area contributed by atoms with Gasteiger partial charge in [0.15, 0.2) is 15.8 Å². The number of hydrogen-bond donors (Lipinski definition) is 2. The van der Waals surface area contributed by atoms with Gasteiger partial charge in [0.1, 0.15) is 5.82 Å². The highest BCUT2D eigenvalue weighted by atomic mass is 32.2. The van der Waals surface area contributed by atoms with Gasteiger partial charge in [0.25, 0.3) is 0 Å². The first-order valence-corrected chi connectivity index (χ1v) is 11.9. The standard InChI is InChI=1S/C22H28FN3O2S/c1-24-22(25-13-17-8-5-7-16-6-3-4-9-21(16)17)26-14-19-12-20(23)11-10-18(19)15-29(2,27)28/h3-4,6,9-12,17H,5,7-8,13-15H2,1-2H3,(H2,24,25,26). The SMILES string of the molecule is CN=C(NCc1cc(F)ccc1CS(C)(=O)=O)NCC1CCCc2ccccc21. The summed E-state index contributed by atoms with van der Waals surface area (Å²) in [7, 11) is -1.52. The van der Waals surface area contributed by atoms with E-state index < -0.39 is 9.84 Å². The van der Waals surface area contributed by atoms with Crippen LogP contribution in [0.3, 0.4) is 0 Å². The van der Waals surface area contributed by atoms with Gasteiger partial charge in [-0.2, -0.15) is 0 Å². The Morgan fingerprint density at radius 2 is 1.97 bits per heavy atom. The van der Waals surface area contributed by atoms with Crippen LogP contribution in [0.15, 0.2) is 47.5 Å². The number of nitrogens with one attached hydrogen (secondary N) is 2. The topological polar surface area (TPSA) is 70.6 Å². The molecule has 7 heteroatoms. The summed E-state index contributed by atoms with van der Waals surface area (Å²) >= 11 is 0. The van der Waals surface area contributed by atoms with E-state index in [2.05, 4.69) is 39.9 Å². The third-order valence-electron chi connectivity index (χ3n) is 5.27. The summed E-state index contributed by atoms with van der Waals surface area (Å²) in [5.41, 5.74) is 4.01. The van der Waals surface area contributed by atoms with Crippen LogP contribution in [0.2, 0.25) is 0 Å². The highest BCUT2D eigenvalue weighted by Gasteiger charge is 2.20. The molecule has 2 aromatic carbocycles. The van der Waals surface area contributed by atoms with Gasteiger partial charge in [-0.3, -0.25) is 4.99 Å². The largest absolute Gasteiger partial charge is 0.356 e. The van der Waals surface area contributed by atoms with Crippen LogP contribution in [-0.2, 0) is 28.6 Å². The summed E-state index contributed by atoms with van der Waals surface area (Å²) in [6, 6.07) is 12.8. The molecule has 0 aliphatic heterocycles. The van der Waals surface area contributed by atoms with E-state index >= 15 is 0 Å². The van der Waals surface area contributed by atoms with Gasteiger partial charge in [-0.25, -0.2) is 12.8 Å².